The fourth-order valence-electron chi connectivity index (χ4n) is 2.91. The smallest absolute Gasteiger partial charge is 0.0609 e. The number of rotatable bonds is 3. The van der Waals surface area contributed by atoms with Crippen molar-refractivity contribution >= 4 is 23.2 Å². The van der Waals surface area contributed by atoms with Crippen molar-refractivity contribution in [2.24, 2.45) is 11.3 Å². The van der Waals surface area contributed by atoms with Gasteiger partial charge >= 0.3 is 0 Å². The molecule has 1 saturated carbocycles. The van der Waals surface area contributed by atoms with Gasteiger partial charge in [0, 0.05) is 16.5 Å². The van der Waals surface area contributed by atoms with E-state index in [1.807, 2.05) is 18.2 Å². The zero-order chi connectivity index (χ0) is 14.0. The summed E-state index contributed by atoms with van der Waals surface area (Å²) in [5.41, 5.74) is 1.31. The van der Waals surface area contributed by atoms with Gasteiger partial charge in [-0.25, -0.2) is 0 Å². The molecule has 0 saturated heterocycles. The van der Waals surface area contributed by atoms with Crippen LogP contribution < -0.4 is 0 Å². The Morgan fingerprint density at radius 1 is 1.21 bits per heavy atom. The fourth-order valence-corrected chi connectivity index (χ4v) is 3.46. The summed E-state index contributed by atoms with van der Waals surface area (Å²) in [6, 6.07) is 5.50. The van der Waals surface area contributed by atoms with E-state index in [1.165, 1.54) is 12.8 Å². The average molecular weight is 301 g/mol. The van der Waals surface area contributed by atoms with Gasteiger partial charge in [0.2, 0.25) is 0 Å². The molecule has 1 atom stereocenters. The molecule has 1 aliphatic carbocycles. The third-order valence-corrected chi connectivity index (χ3v) is 5.11. The van der Waals surface area contributed by atoms with Crippen LogP contribution in [-0.4, -0.2) is 11.2 Å². The van der Waals surface area contributed by atoms with Gasteiger partial charge in [-0.05, 0) is 54.7 Å². The Labute approximate surface area is 125 Å². The van der Waals surface area contributed by atoms with E-state index in [-0.39, 0.29) is 6.10 Å². The van der Waals surface area contributed by atoms with E-state index in [1.54, 1.807) is 0 Å². The summed E-state index contributed by atoms with van der Waals surface area (Å²) >= 11 is 12.3. The number of aliphatic hydroxyl groups excluding tert-OH is 1. The second kappa shape index (κ2) is 6.03. The number of hydrogen-bond acceptors (Lipinski definition) is 1. The molecule has 1 unspecified atom stereocenters. The number of halogens is 2. The van der Waals surface area contributed by atoms with E-state index in [0.717, 1.165) is 18.4 Å². The van der Waals surface area contributed by atoms with E-state index in [4.69, 9.17) is 23.2 Å². The number of hydrogen-bond donors (Lipinski definition) is 1. The lowest BCUT2D eigenvalue weighted by molar-refractivity contribution is 0.0577. The summed E-state index contributed by atoms with van der Waals surface area (Å²) in [5.74, 6) is 0.375. The first-order valence-electron chi connectivity index (χ1n) is 7.00. The van der Waals surface area contributed by atoms with Crippen LogP contribution in [0.15, 0.2) is 18.2 Å². The third kappa shape index (κ3) is 3.87. The summed E-state index contributed by atoms with van der Waals surface area (Å²) in [7, 11) is 0. The van der Waals surface area contributed by atoms with Crippen LogP contribution in [0.5, 0.6) is 0 Å². The van der Waals surface area contributed by atoms with E-state index >= 15 is 0 Å². The van der Waals surface area contributed by atoms with Crippen molar-refractivity contribution in [1.82, 2.24) is 0 Å². The van der Waals surface area contributed by atoms with Crippen molar-refractivity contribution in [2.75, 3.05) is 0 Å². The van der Waals surface area contributed by atoms with Crippen LogP contribution in [0.3, 0.4) is 0 Å². The monoisotopic (exact) mass is 300 g/mol. The van der Waals surface area contributed by atoms with Gasteiger partial charge in [-0.15, -0.1) is 0 Å². The van der Waals surface area contributed by atoms with Gasteiger partial charge in [-0.1, -0.05) is 43.1 Å². The molecule has 1 N–H and O–H groups in total. The molecule has 0 bridgehead atoms. The molecule has 0 aliphatic heterocycles. The zero-order valence-electron chi connectivity index (χ0n) is 11.6. The summed E-state index contributed by atoms with van der Waals surface area (Å²) in [4.78, 5) is 0. The van der Waals surface area contributed by atoms with Gasteiger partial charge in [0.15, 0.2) is 0 Å². The minimum absolute atomic E-state index is 0.339. The lowest BCUT2D eigenvalue weighted by atomic mass is 9.71. The lowest BCUT2D eigenvalue weighted by Crippen LogP contribution is -2.30. The summed E-state index contributed by atoms with van der Waals surface area (Å²) in [6.45, 7) is 4.61. The molecule has 1 aromatic rings. The Balaban J connectivity index is 2.00. The van der Waals surface area contributed by atoms with Gasteiger partial charge < -0.3 is 5.11 Å². The Morgan fingerprint density at radius 2 is 1.74 bits per heavy atom. The second-order valence-electron chi connectivity index (χ2n) is 6.47. The molecule has 1 aromatic carbocycles. The second-order valence-corrected chi connectivity index (χ2v) is 7.29. The molecule has 1 aliphatic rings. The van der Waals surface area contributed by atoms with Crippen molar-refractivity contribution in [3.63, 3.8) is 0 Å². The summed E-state index contributed by atoms with van der Waals surface area (Å²) in [5, 5.41) is 11.7. The Morgan fingerprint density at radius 3 is 2.26 bits per heavy atom. The van der Waals surface area contributed by atoms with Gasteiger partial charge in [-0.2, -0.15) is 0 Å². The quantitative estimate of drug-likeness (QED) is 0.822. The van der Waals surface area contributed by atoms with Crippen LogP contribution in [0.2, 0.25) is 10.0 Å². The summed E-state index contributed by atoms with van der Waals surface area (Å²) < 4.78 is 0. The molecule has 2 rings (SSSR count). The van der Waals surface area contributed by atoms with Gasteiger partial charge in [0.1, 0.15) is 0 Å². The SMILES string of the molecule is CC1(C)CCC(C(O)Cc2c(Cl)cccc2Cl)CC1. The minimum atomic E-state index is -0.339. The van der Waals surface area contributed by atoms with Crippen molar-refractivity contribution in [3.05, 3.63) is 33.8 Å². The molecular formula is C16H22Cl2O. The fraction of sp³-hybridized carbons (Fsp3) is 0.625. The Bertz CT molecular complexity index is 412. The van der Waals surface area contributed by atoms with Crippen molar-refractivity contribution in [1.29, 1.82) is 0 Å². The van der Waals surface area contributed by atoms with Gasteiger partial charge in [0.05, 0.1) is 6.10 Å². The largest absolute Gasteiger partial charge is 0.392 e. The molecule has 0 aromatic heterocycles. The third-order valence-electron chi connectivity index (χ3n) is 4.40. The molecular weight excluding hydrogens is 279 g/mol. The molecule has 0 amide bonds. The Kier molecular flexibility index (Phi) is 4.81. The first-order chi connectivity index (χ1) is 8.89. The van der Waals surface area contributed by atoms with Crippen LogP contribution in [0.4, 0.5) is 0 Å². The van der Waals surface area contributed by atoms with E-state index in [0.29, 0.717) is 27.8 Å². The average Bonchev–Trinajstić information content (AvgIpc) is 2.33. The maximum atomic E-state index is 10.4. The van der Waals surface area contributed by atoms with Gasteiger partial charge in [0.25, 0.3) is 0 Å². The molecule has 3 heteroatoms. The molecule has 0 radical (unpaired) electrons. The van der Waals surface area contributed by atoms with Crippen molar-refractivity contribution in [2.45, 2.75) is 52.1 Å². The first kappa shape index (κ1) is 15.2. The molecule has 19 heavy (non-hydrogen) atoms. The Hall–Kier alpha value is -0.240. The highest BCUT2D eigenvalue weighted by Crippen LogP contribution is 2.40. The van der Waals surface area contributed by atoms with E-state index < -0.39 is 0 Å². The van der Waals surface area contributed by atoms with E-state index in [2.05, 4.69) is 13.8 Å². The molecule has 106 valence electrons. The zero-order valence-corrected chi connectivity index (χ0v) is 13.1. The highest BCUT2D eigenvalue weighted by molar-refractivity contribution is 6.35. The number of benzene rings is 1. The maximum Gasteiger partial charge on any atom is 0.0609 e. The van der Waals surface area contributed by atoms with E-state index in [9.17, 15) is 5.11 Å². The van der Waals surface area contributed by atoms with Crippen LogP contribution in [-0.2, 0) is 6.42 Å². The van der Waals surface area contributed by atoms with Crippen LogP contribution >= 0.6 is 23.2 Å². The van der Waals surface area contributed by atoms with Crippen LogP contribution in [0, 0.1) is 11.3 Å². The van der Waals surface area contributed by atoms with Crippen molar-refractivity contribution in [3.8, 4) is 0 Å². The highest BCUT2D eigenvalue weighted by atomic mass is 35.5. The predicted molar refractivity (Wildman–Crippen MR) is 81.9 cm³/mol. The molecule has 0 heterocycles. The minimum Gasteiger partial charge on any atom is -0.392 e. The summed E-state index contributed by atoms with van der Waals surface area (Å²) in [6.07, 6.45) is 4.78. The van der Waals surface area contributed by atoms with Crippen molar-refractivity contribution < 1.29 is 5.11 Å². The predicted octanol–water partition coefficient (Wildman–Crippen LogP) is 5.11. The lowest BCUT2D eigenvalue weighted by Gasteiger charge is -2.36. The van der Waals surface area contributed by atoms with Gasteiger partial charge in [-0.3, -0.25) is 0 Å². The molecule has 1 fully saturated rings. The van der Waals surface area contributed by atoms with Crippen LogP contribution in [0.25, 0.3) is 0 Å². The maximum absolute atomic E-state index is 10.4. The molecule has 1 nitrogen and oxygen atoms in total. The number of aliphatic hydroxyl groups is 1. The van der Waals surface area contributed by atoms with Crippen LogP contribution in [0.1, 0.15) is 45.1 Å². The standard InChI is InChI=1S/C16H22Cl2O/c1-16(2)8-6-11(7-9-16)15(19)10-12-13(17)4-3-5-14(12)18/h3-5,11,15,19H,6-10H2,1-2H3. The topological polar surface area (TPSA) is 20.2 Å². The highest BCUT2D eigenvalue weighted by Gasteiger charge is 2.31. The molecule has 0 spiro atoms. The first-order valence-corrected chi connectivity index (χ1v) is 7.75. The normalized spacial score (nSPS) is 21.3.